The molecule has 1 saturated heterocycles. The van der Waals surface area contributed by atoms with Gasteiger partial charge in [0, 0.05) is 13.1 Å². The van der Waals surface area contributed by atoms with Crippen LogP contribution in [-0.2, 0) is 14.6 Å². The highest BCUT2D eigenvalue weighted by Crippen LogP contribution is 2.26. The Kier molecular flexibility index (Phi) is 4.93. The van der Waals surface area contributed by atoms with Crippen LogP contribution in [0.15, 0.2) is 29.2 Å². The summed E-state index contributed by atoms with van der Waals surface area (Å²) in [5, 5.41) is 11.0. The zero-order valence-corrected chi connectivity index (χ0v) is 13.8. The molecule has 2 amide bonds. The van der Waals surface area contributed by atoms with Crippen molar-refractivity contribution in [3.8, 4) is 0 Å². The summed E-state index contributed by atoms with van der Waals surface area (Å²) in [6, 6.07) is 5.73. The number of carboxylic acid groups (broad SMARTS) is 1. The molecule has 1 atom stereocenters. The fourth-order valence-electron chi connectivity index (χ4n) is 2.41. The molecule has 1 aliphatic rings. The first-order valence-corrected chi connectivity index (χ1v) is 8.89. The lowest BCUT2D eigenvalue weighted by atomic mass is 10.1. The second-order valence-corrected chi connectivity index (χ2v) is 8.26. The van der Waals surface area contributed by atoms with E-state index in [0.29, 0.717) is 13.0 Å². The average molecular weight is 340 g/mol. The molecule has 7 nitrogen and oxygen atoms in total. The molecule has 1 aliphatic heterocycles. The Labute approximate surface area is 135 Å². The molecule has 1 heterocycles. The van der Waals surface area contributed by atoms with Gasteiger partial charge in [-0.2, -0.15) is 0 Å². The molecule has 126 valence electrons. The molecule has 2 N–H and O–H groups in total. The molecule has 0 aromatic heterocycles. The number of anilines is 1. The lowest BCUT2D eigenvalue weighted by Crippen LogP contribution is -2.34. The first-order valence-electron chi connectivity index (χ1n) is 7.35. The van der Waals surface area contributed by atoms with Gasteiger partial charge in [-0.05, 0) is 32.4 Å². The van der Waals surface area contributed by atoms with Gasteiger partial charge in [0.2, 0.25) is 0 Å². The van der Waals surface area contributed by atoms with Gasteiger partial charge < -0.3 is 15.3 Å². The summed E-state index contributed by atoms with van der Waals surface area (Å²) in [6.45, 7) is 3.61. The van der Waals surface area contributed by atoms with Gasteiger partial charge in [0.05, 0.1) is 21.8 Å². The van der Waals surface area contributed by atoms with Crippen LogP contribution < -0.4 is 5.32 Å². The maximum Gasteiger partial charge on any atom is 0.321 e. The van der Waals surface area contributed by atoms with Crippen LogP contribution in [0.3, 0.4) is 0 Å². The minimum Gasteiger partial charge on any atom is -0.481 e. The van der Waals surface area contributed by atoms with Crippen molar-refractivity contribution < 1.29 is 23.1 Å². The fourth-order valence-corrected chi connectivity index (χ4v) is 3.61. The molecule has 23 heavy (non-hydrogen) atoms. The number of nitrogens with one attached hydrogen (secondary N) is 1. The van der Waals surface area contributed by atoms with Crippen molar-refractivity contribution in [2.45, 2.75) is 30.4 Å². The van der Waals surface area contributed by atoms with Gasteiger partial charge in [0.1, 0.15) is 0 Å². The van der Waals surface area contributed by atoms with Crippen molar-refractivity contribution in [3.05, 3.63) is 24.3 Å². The summed E-state index contributed by atoms with van der Waals surface area (Å²) in [4.78, 5) is 24.7. The first kappa shape index (κ1) is 17.3. The van der Waals surface area contributed by atoms with Crippen molar-refractivity contribution >= 4 is 27.5 Å². The van der Waals surface area contributed by atoms with Crippen molar-refractivity contribution in [3.63, 3.8) is 0 Å². The quantitative estimate of drug-likeness (QED) is 0.870. The Bertz CT molecular complexity index is 714. The molecule has 0 spiro atoms. The fraction of sp³-hybridized carbons (Fsp3) is 0.467. The number of para-hydroxylation sites is 1. The smallest absolute Gasteiger partial charge is 0.321 e. The molecule has 0 saturated carbocycles. The van der Waals surface area contributed by atoms with E-state index < -0.39 is 33.0 Å². The number of aliphatic carboxylic acids is 1. The van der Waals surface area contributed by atoms with E-state index in [-0.39, 0.29) is 17.1 Å². The van der Waals surface area contributed by atoms with Crippen LogP contribution in [0.5, 0.6) is 0 Å². The van der Waals surface area contributed by atoms with Gasteiger partial charge in [-0.3, -0.25) is 4.79 Å². The van der Waals surface area contributed by atoms with E-state index in [0.717, 1.165) is 0 Å². The van der Waals surface area contributed by atoms with Crippen LogP contribution in [0.4, 0.5) is 10.5 Å². The Hall–Kier alpha value is -2.09. The topological polar surface area (TPSA) is 104 Å². The third-order valence-electron chi connectivity index (χ3n) is 3.88. The number of hydrogen-bond donors (Lipinski definition) is 2. The summed E-state index contributed by atoms with van der Waals surface area (Å²) >= 11 is 0. The van der Waals surface area contributed by atoms with Crippen molar-refractivity contribution in [1.82, 2.24) is 4.90 Å². The Balaban J connectivity index is 2.19. The summed E-state index contributed by atoms with van der Waals surface area (Å²) in [5.74, 6) is -1.50. The predicted molar refractivity (Wildman–Crippen MR) is 85.1 cm³/mol. The van der Waals surface area contributed by atoms with E-state index in [4.69, 9.17) is 5.11 Å². The largest absolute Gasteiger partial charge is 0.481 e. The number of amides is 2. The third-order valence-corrected chi connectivity index (χ3v) is 6.09. The number of hydrogen-bond acceptors (Lipinski definition) is 4. The van der Waals surface area contributed by atoms with Crippen LogP contribution in [0.1, 0.15) is 20.3 Å². The highest BCUT2D eigenvalue weighted by molar-refractivity contribution is 7.92. The summed E-state index contributed by atoms with van der Waals surface area (Å²) in [6.07, 6.45) is 0.398. The average Bonchev–Trinajstić information content (AvgIpc) is 2.97. The molecular weight excluding hydrogens is 320 g/mol. The highest BCUT2D eigenvalue weighted by atomic mass is 32.2. The molecule has 1 unspecified atom stereocenters. The lowest BCUT2D eigenvalue weighted by Gasteiger charge is -2.19. The lowest BCUT2D eigenvalue weighted by molar-refractivity contribution is -0.141. The van der Waals surface area contributed by atoms with Gasteiger partial charge in [0.25, 0.3) is 0 Å². The number of urea groups is 1. The first-order chi connectivity index (χ1) is 10.7. The minimum absolute atomic E-state index is 0.0670. The number of carboxylic acids is 1. The molecule has 8 heteroatoms. The normalized spacial score (nSPS) is 18.2. The van der Waals surface area contributed by atoms with E-state index >= 15 is 0 Å². The maximum atomic E-state index is 12.4. The van der Waals surface area contributed by atoms with Gasteiger partial charge in [-0.1, -0.05) is 12.1 Å². The van der Waals surface area contributed by atoms with Crippen LogP contribution in [0, 0.1) is 5.92 Å². The summed E-state index contributed by atoms with van der Waals surface area (Å²) < 4.78 is 24.7. The zero-order chi connectivity index (χ0) is 17.2. The number of rotatable bonds is 4. The van der Waals surface area contributed by atoms with Crippen molar-refractivity contribution in [1.29, 1.82) is 0 Å². The molecular formula is C15H20N2O5S. The molecule has 1 aromatic carbocycles. The molecule has 1 aromatic rings. The molecule has 0 aliphatic carbocycles. The van der Waals surface area contributed by atoms with E-state index in [2.05, 4.69) is 5.32 Å². The number of benzene rings is 1. The Morgan fingerprint density at radius 2 is 1.96 bits per heavy atom. The number of likely N-dealkylation sites (tertiary alicyclic amines) is 1. The Morgan fingerprint density at radius 1 is 1.30 bits per heavy atom. The van der Waals surface area contributed by atoms with Crippen LogP contribution in [-0.4, -0.2) is 48.8 Å². The number of carbonyl (C=O) groups excluding carboxylic acids is 1. The zero-order valence-electron chi connectivity index (χ0n) is 13.0. The number of sulfone groups is 1. The summed E-state index contributed by atoms with van der Waals surface area (Å²) in [5.41, 5.74) is 0.213. The van der Waals surface area contributed by atoms with Gasteiger partial charge in [-0.15, -0.1) is 0 Å². The van der Waals surface area contributed by atoms with E-state index in [9.17, 15) is 18.0 Å². The third kappa shape index (κ3) is 3.64. The van der Waals surface area contributed by atoms with Gasteiger partial charge in [-0.25, -0.2) is 13.2 Å². The SMILES string of the molecule is CC(C)S(=O)(=O)c1ccccc1NC(=O)N1CCC(C(=O)O)C1. The number of nitrogens with zero attached hydrogens (tertiary/aromatic N) is 1. The van der Waals surface area contributed by atoms with Crippen LogP contribution >= 0.6 is 0 Å². The minimum atomic E-state index is -3.53. The van der Waals surface area contributed by atoms with E-state index in [1.165, 1.54) is 17.0 Å². The molecule has 0 radical (unpaired) electrons. The maximum absolute atomic E-state index is 12.4. The van der Waals surface area contributed by atoms with Crippen molar-refractivity contribution in [2.24, 2.45) is 5.92 Å². The number of carbonyl (C=O) groups is 2. The van der Waals surface area contributed by atoms with Crippen molar-refractivity contribution in [2.75, 3.05) is 18.4 Å². The van der Waals surface area contributed by atoms with Crippen LogP contribution in [0.25, 0.3) is 0 Å². The second-order valence-electron chi connectivity index (χ2n) is 5.79. The second kappa shape index (κ2) is 6.57. The predicted octanol–water partition coefficient (Wildman–Crippen LogP) is 1.81. The Morgan fingerprint density at radius 3 is 2.52 bits per heavy atom. The standard InChI is InChI=1S/C15H20N2O5S/c1-10(2)23(21,22)13-6-4-3-5-12(13)16-15(20)17-8-7-11(9-17)14(18)19/h3-6,10-11H,7-9H2,1-2H3,(H,16,20)(H,18,19). The van der Waals surface area contributed by atoms with Gasteiger partial charge in [0.15, 0.2) is 9.84 Å². The molecule has 2 rings (SSSR count). The summed E-state index contributed by atoms with van der Waals surface area (Å²) in [7, 11) is -3.53. The van der Waals surface area contributed by atoms with Crippen LogP contribution in [0.2, 0.25) is 0 Å². The monoisotopic (exact) mass is 340 g/mol. The molecule has 0 bridgehead atoms. The molecule has 1 fully saturated rings. The van der Waals surface area contributed by atoms with E-state index in [1.54, 1.807) is 26.0 Å². The van der Waals surface area contributed by atoms with E-state index in [1.807, 2.05) is 0 Å². The van der Waals surface area contributed by atoms with Gasteiger partial charge >= 0.3 is 12.0 Å². The highest BCUT2D eigenvalue weighted by Gasteiger charge is 2.31.